The molecule has 3 rings (SSSR count). The maximum Gasteiger partial charge on any atom is 0.129 e. The van der Waals surface area contributed by atoms with E-state index in [1.807, 2.05) is 18.2 Å². The summed E-state index contributed by atoms with van der Waals surface area (Å²) in [6.07, 6.45) is 1.06. The van der Waals surface area contributed by atoms with E-state index in [-0.39, 0.29) is 6.61 Å². The molecular formula is C14H16N2O. The molecule has 1 atom stereocenters. The standard InChI is InChI=1S/C14H16N2O/c17-10-11-7-8-16(9-11)14-6-5-12-3-1-2-4-13(12)15-14/h1-6,11,17H,7-10H2. The highest BCUT2D eigenvalue weighted by molar-refractivity contribution is 5.80. The van der Waals surface area contributed by atoms with Gasteiger partial charge < -0.3 is 10.0 Å². The Morgan fingerprint density at radius 1 is 1.24 bits per heavy atom. The van der Waals surface area contributed by atoms with E-state index < -0.39 is 0 Å². The third-order valence-electron chi connectivity index (χ3n) is 3.45. The second kappa shape index (κ2) is 4.34. The number of aliphatic hydroxyl groups excluding tert-OH is 1. The van der Waals surface area contributed by atoms with Crippen LogP contribution in [0.2, 0.25) is 0 Å². The number of aliphatic hydroxyl groups is 1. The number of para-hydroxylation sites is 1. The molecular weight excluding hydrogens is 212 g/mol. The van der Waals surface area contributed by atoms with E-state index in [0.29, 0.717) is 5.92 Å². The van der Waals surface area contributed by atoms with Gasteiger partial charge in [-0.25, -0.2) is 4.98 Å². The Bertz CT molecular complexity index is 526. The molecule has 3 nitrogen and oxygen atoms in total. The number of fused-ring (bicyclic) bond motifs is 1. The Labute approximate surface area is 101 Å². The lowest BCUT2D eigenvalue weighted by Gasteiger charge is -2.17. The third-order valence-corrected chi connectivity index (χ3v) is 3.45. The second-order valence-corrected chi connectivity index (χ2v) is 4.65. The topological polar surface area (TPSA) is 36.4 Å². The molecule has 1 aromatic heterocycles. The van der Waals surface area contributed by atoms with Gasteiger partial charge in [0.05, 0.1) is 5.52 Å². The predicted octanol–water partition coefficient (Wildman–Crippen LogP) is 2.05. The van der Waals surface area contributed by atoms with Crippen LogP contribution in [0.1, 0.15) is 6.42 Å². The molecule has 0 spiro atoms. The number of rotatable bonds is 2. The van der Waals surface area contributed by atoms with Crippen LogP contribution in [-0.4, -0.2) is 29.8 Å². The van der Waals surface area contributed by atoms with Crippen molar-refractivity contribution in [3.8, 4) is 0 Å². The van der Waals surface area contributed by atoms with Crippen LogP contribution in [0.5, 0.6) is 0 Å². The molecule has 2 aromatic rings. The molecule has 88 valence electrons. The van der Waals surface area contributed by atoms with Crippen molar-refractivity contribution in [2.45, 2.75) is 6.42 Å². The van der Waals surface area contributed by atoms with Crippen molar-refractivity contribution in [3.05, 3.63) is 36.4 Å². The number of hydrogen-bond donors (Lipinski definition) is 1. The summed E-state index contributed by atoms with van der Waals surface area (Å²) in [6, 6.07) is 12.3. The molecule has 1 saturated heterocycles. The summed E-state index contributed by atoms with van der Waals surface area (Å²) in [7, 11) is 0. The fourth-order valence-corrected chi connectivity index (χ4v) is 2.42. The Morgan fingerprint density at radius 3 is 2.94 bits per heavy atom. The van der Waals surface area contributed by atoms with Crippen LogP contribution < -0.4 is 4.90 Å². The zero-order chi connectivity index (χ0) is 11.7. The number of nitrogens with zero attached hydrogens (tertiary/aromatic N) is 2. The first-order chi connectivity index (χ1) is 8.36. The number of aromatic nitrogens is 1. The van der Waals surface area contributed by atoms with Crippen molar-refractivity contribution >= 4 is 16.7 Å². The molecule has 17 heavy (non-hydrogen) atoms. The average molecular weight is 228 g/mol. The fraction of sp³-hybridized carbons (Fsp3) is 0.357. The first-order valence-corrected chi connectivity index (χ1v) is 6.08. The molecule has 1 aliphatic heterocycles. The van der Waals surface area contributed by atoms with E-state index in [4.69, 9.17) is 5.11 Å². The molecule has 0 amide bonds. The van der Waals surface area contributed by atoms with Crippen LogP contribution in [0.15, 0.2) is 36.4 Å². The minimum Gasteiger partial charge on any atom is -0.396 e. The fourth-order valence-electron chi connectivity index (χ4n) is 2.42. The van der Waals surface area contributed by atoms with Crippen molar-refractivity contribution in [1.82, 2.24) is 4.98 Å². The summed E-state index contributed by atoms with van der Waals surface area (Å²) in [5, 5.41) is 10.3. The van der Waals surface area contributed by atoms with Gasteiger partial charge in [0.1, 0.15) is 5.82 Å². The van der Waals surface area contributed by atoms with E-state index in [9.17, 15) is 0 Å². The maximum atomic E-state index is 9.16. The summed E-state index contributed by atoms with van der Waals surface area (Å²) in [5.41, 5.74) is 1.04. The van der Waals surface area contributed by atoms with Crippen molar-refractivity contribution in [2.75, 3.05) is 24.6 Å². The molecule has 3 heteroatoms. The van der Waals surface area contributed by atoms with Crippen molar-refractivity contribution < 1.29 is 5.11 Å². The van der Waals surface area contributed by atoms with E-state index >= 15 is 0 Å². The van der Waals surface area contributed by atoms with Crippen LogP contribution in [0.4, 0.5) is 5.82 Å². The van der Waals surface area contributed by atoms with Crippen LogP contribution in [-0.2, 0) is 0 Å². The van der Waals surface area contributed by atoms with Crippen LogP contribution in [0.3, 0.4) is 0 Å². The highest BCUT2D eigenvalue weighted by Crippen LogP contribution is 2.23. The normalized spacial score (nSPS) is 20.1. The highest BCUT2D eigenvalue weighted by atomic mass is 16.3. The maximum absolute atomic E-state index is 9.16. The van der Waals surface area contributed by atoms with Crippen LogP contribution in [0, 0.1) is 5.92 Å². The van der Waals surface area contributed by atoms with Gasteiger partial charge in [0, 0.05) is 31.0 Å². The van der Waals surface area contributed by atoms with Gasteiger partial charge in [0.25, 0.3) is 0 Å². The number of hydrogen-bond acceptors (Lipinski definition) is 3. The Balaban J connectivity index is 1.91. The first kappa shape index (κ1) is 10.5. The summed E-state index contributed by atoms with van der Waals surface area (Å²) >= 11 is 0. The molecule has 1 aliphatic rings. The van der Waals surface area contributed by atoms with Crippen molar-refractivity contribution in [1.29, 1.82) is 0 Å². The smallest absolute Gasteiger partial charge is 0.129 e. The van der Waals surface area contributed by atoms with Crippen LogP contribution >= 0.6 is 0 Å². The molecule has 1 fully saturated rings. The van der Waals surface area contributed by atoms with E-state index in [0.717, 1.165) is 30.8 Å². The van der Waals surface area contributed by atoms with Gasteiger partial charge >= 0.3 is 0 Å². The van der Waals surface area contributed by atoms with Gasteiger partial charge in [0.2, 0.25) is 0 Å². The molecule has 0 bridgehead atoms. The van der Waals surface area contributed by atoms with E-state index in [2.05, 4.69) is 28.1 Å². The minimum absolute atomic E-state index is 0.282. The molecule has 1 unspecified atom stereocenters. The number of anilines is 1. The van der Waals surface area contributed by atoms with Gasteiger partial charge in [-0.15, -0.1) is 0 Å². The van der Waals surface area contributed by atoms with Crippen LogP contribution in [0.25, 0.3) is 10.9 Å². The van der Waals surface area contributed by atoms with E-state index in [1.165, 1.54) is 5.39 Å². The highest BCUT2D eigenvalue weighted by Gasteiger charge is 2.22. The molecule has 0 aliphatic carbocycles. The summed E-state index contributed by atoms with van der Waals surface area (Å²) < 4.78 is 0. The van der Waals surface area contributed by atoms with E-state index in [1.54, 1.807) is 0 Å². The molecule has 0 saturated carbocycles. The molecule has 0 radical (unpaired) electrons. The quantitative estimate of drug-likeness (QED) is 0.854. The molecule has 2 heterocycles. The van der Waals surface area contributed by atoms with Crippen molar-refractivity contribution in [3.63, 3.8) is 0 Å². The molecule has 1 aromatic carbocycles. The largest absolute Gasteiger partial charge is 0.396 e. The average Bonchev–Trinajstić information content (AvgIpc) is 2.87. The second-order valence-electron chi connectivity index (χ2n) is 4.65. The minimum atomic E-state index is 0.282. The number of benzene rings is 1. The Kier molecular flexibility index (Phi) is 2.69. The molecule has 1 N–H and O–H groups in total. The Morgan fingerprint density at radius 2 is 2.12 bits per heavy atom. The lowest BCUT2D eigenvalue weighted by atomic mass is 10.1. The van der Waals surface area contributed by atoms with Gasteiger partial charge in [-0.05, 0) is 24.6 Å². The zero-order valence-electron chi connectivity index (χ0n) is 9.71. The predicted molar refractivity (Wildman–Crippen MR) is 69.1 cm³/mol. The monoisotopic (exact) mass is 228 g/mol. The SMILES string of the molecule is OCC1CCN(c2ccc3ccccc3n2)C1. The zero-order valence-corrected chi connectivity index (χ0v) is 9.71. The van der Waals surface area contributed by atoms with Crippen molar-refractivity contribution in [2.24, 2.45) is 5.92 Å². The van der Waals surface area contributed by atoms with Gasteiger partial charge in [-0.1, -0.05) is 18.2 Å². The van der Waals surface area contributed by atoms with Gasteiger partial charge in [-0.2, -0.15) is 0 Å². The summed E-state index contributed by atoms with van der Waals surface area (Å²) in [5.74, 6) is 1.43. The lowest BCUT2D eigenvalue weighted by Crippen LogP contribution is -2.21. The van der Waals surface area contributed by atoms with Gasteiger partial charge in [-0.3, -0.25) is 0 Å². The first-order valence-electron chi connectivity index (χ1n) is 6.08. The summed E-state index contributed by atoms with van der Waals surface area (Å²) in [4.78, 5) is 6.93. The van der Waals surface area contributed by atoms with Gasteiger partial charge in [0.15, 0.2) is 0 Å². The lowest BCUT2D eigenvalue weighted by molar-refractivity contribution is 0.238. The third kappa shape index (κ3) is 1.98. The Hall–Kier alpha value is -1.61. The summed E-state index contributed by atoms with van der Waals surface area (Å²) in [6.45, 7) is 2.20. The number of pyridine rings is 1.